The SMILES string of the molecule is COc1ccc(NC(=O)C(C)SC)cc1S(=O)(=O)Nc1ccc(Cl)cc1. The van der Waals surface area contributed by atoms with Crippen LogP contribution >= 0.6 is 23.4 Å². The molecule has 0 radical (unpaired) electrons. The molecule has 9 heteroatoms. The van der Waals surface area contributed by atoms with Crippen LogP contribution in [0.4, 0.5) is 11.4 Å². The van der Waals surface area contributed by atoms with Crippen molar-refractivity contribution >= 4 is 50.7 Å². The Labute approximate surface area is 162 Å². The monoisotopic (exact) mass is 414 g/mol. The van der Waals surface area contributed by atoms with Crippen LogP contribution < -0.4 is 14.8 Å². The third-order valence-corrected chi connectivity index (χ3v) is 6.12. The molecular weight excluding hydrogens is 396 g/mol. The molecule has 140 valence electrons. The van der Waals surface area contributed by atoms with Gasteiger partial charge in [0.25, 0.3) is 10.0 Å². The van der Waals surface area contributed by atoms with Gasteiger partial charge in [0.1, 0.15) is 10.6 Å². The lowest BCUT2D eigenvalue weighted by Gasteiger charge is -2.15. The van der Waals surface area contributed by atoms with Crippen LogP contribution in [0.15, 0.2) is 47.4 Å². The van der Waals surface area contributed by atoms with Crippen molar-refractivity contribution in [3.8, 4) is 5.75 Å². The second-order valence-corrected chi connectivity index (χ2v) is 8.61. The van der Waals surface area contributed by atoms with Crippen LogP contribution in [0.3, 0.4) is 0 Å². The van der Waals surface area contributed by atoms with Gasteiger partial charge in [0.2, 0.25) is 5.91 Å². The molecule has 1 unspecified atom stereocenters. The minimum Gasteiger partial charge on any atom is -0.495 e. The fraction of sp³-hybridized carbons (Fsp3) is 0.235. The van der Waals surface area contributed by atoms with Crippen LogP contribution in [0, 0.1) is 0 Å². The summed E-state index contributed by atoms with van der Waals surface area (Å²) in [7, 11) is -2.55. The average Bonchev–Trinajstić information content (AvgIpc) is 2.62. The molecule has 2 aromatic carbocycles. The molecule has 2 rings (SSSR count). The lowest BCUT2D eigenvalue weighted by molar-refractivity contribution is -0.115. The molecule has 1 amide bonds. The molecule has 2 aromatic rings. The molecule has 0 fully saturated rings. The summed E-state index contributed by atoms with van der Waals surface area (Å²) in [6, 6.07) is 10.7. The van der Waals surface area contributed by atoms with Crippen LogP contribution in [-0.4, -0.2) is 32.9 Å². The van der Waals surface area contributed by atoms with Crippen molar-refractivity contribution in [1.29, 1.82) is 0 Å². The Hall–Kier alpha value is -1.90. The molecule has 0 heterocycles. The van der Waals surface area contributed by atoms with E-state index in [2.05, 4.69) is 10.0 Å². The van der Waals surface area contributed by atoms with E-state index < -0.39 is 10.0 Å². The van der Waals surface area contributed by atoms with E-state index in [9.17, 15) is 13.2 Å². The molecule has 1 atom stereocenters. The van der Waals surface area contributed by atoms with Crippen molar-refractivity contribution in [1.82, 2.24) is 0 Å². The lowest BCUT2D eigenvalue weighted by atomic mass is 10.3. The second-order valence-electron chi connectivity index (χ2n) is 5.35. The van der Waals surface area contributed by atoms with Gasteiger partial charge in [-0.15, -0.1) is 0 Å². The van der Waals surface area contributed by atoms with Crippen molar-refractivity contribution in [3.63, 3.8) is 0 Å². The van der Waals surface area contributed by atoms with Crippen LogP contribution in [-0.2, 0) is 14.8 Å². The highest BCUT2D eigenvalue weighted by Crippen LogP contribution is 2.29. The van der Waals surface area contributed by atoms with Gasteiger partial charge in [-0.2, -0.15) is 11.8 Å². The normalized spacial score (nSPS) is 12.3. The number of hydrogen-bond donors (Lipinski definition) is 2. The van der Waals surface area contributed by atoms with E-state index in [1.165, 1.54) is 31.0 Å². The highest BCUT2D eigenvalue weighted by atomic mass is 35.5. The van der Waals surface area contributed by atoms with Gasteiger partial charge in [0.05, 0.1) is 12.4 Å². The number of halogens is 1. The minimum absolute atomic E-state index is 0.0791. The number of methoxy groups -OCH3 is 1. The predicted octanol–water partition coefficient (Wildman–Crippen LogP) is 3.84. The van der Waals surface area contributed by atoms with Crippen LogP contribution in [0.2, 0.25) is 5.02 Å². The second kappa shape index (κ2) is 8.66. The zero-order chi connectivity index (χ0) is 19.3. The summed E-state index contributed by atoms with van der Waals surface area (Å²) < 4.78 is 33.1. The summed E-state index contributed by atoms with van der Waals surface area (Å²) >= 11 is 7.21. The van der Waals surface area contributed by atoms with Crippen LogP contribution in [0.1, 0.15) is 6.92 Å². The van der Waals surface area contributed by atoms with E-state index in [1.54, 1.807) is 37.3 Å². The standard InChI is InChI=1S/C17H19ClN2O4S2/c1-11(25-3)17(21)19-14-8-9-15(24-2)16(10-14)26(22,23)20-13-6-4-12(18)5-7-13/h4-11,20H,1-3H3,(H,19,21). The molecule has 0 bridgehead atoms. The Balaban J connectivity index is 2.34. The van der Waals surface area contributed by atoms with Crippen molar-refractivity contribution in [3.05, 3.63) is 47.5 Å². The highest BCUT2D eigenvalue weighted by molar-refractivity contribution is 7.99. The molecule has 0 spiro atoms. The van der Waals surface area contributed by atoms with Crippen molar-refractivity contribution in [2.45, 2.75) is 17.1 Å². The van der Waals surface area contributed by atoms with Crippen LogP contribution in [0.5, 0.6) is 5.75 Å². The van der Waals surface area contributed by atoms with E-state index >= 15 is 0 Å². The van der Waals surface area contributed by atoms with Gasteiger partial charge in [-0.3, -0.25) is 9.52 Å². The average molecular weight is 415 g/mol. The molecule has 0 saturated carbocycles. The van der Waals surface area contributed by atoms with Gasteiger partial charge in [0, 0.05) is 16.4 Å². The molecule has 0 aliphatic heterocycles. The zero-order valence-electron chi connectivity index (χ0n) is 14.4. The first-order valence-electron chi connectivity index (χ1n) is 7.57. The van der Waals surface area contributed by atoms with Crippen LogP contribution in [0.25, 0.3) is 0 Å². The highest BCUT2D eigenvalue weighted by Gasteiger charge is 2.21. The first-order valence-corrected chi connectivity index (χ1v) is 10.7. The summed E-state index contributed by atoms with van der Waals surface area (Å²) in [5.41, 5.74) is 0.732. The molecule has 2 N–H and O–H groups in total. The number of anilines is 2. The van der Waals surface area contributed by atoms with Crippen molar-refractivity contribution in [2.24, 2.45) is 0 Å². The topological polar surface area (TPSA) is 84.5 Å². The third-order valence-electron chi connectivity index (χ3n) is 3.54. The fourth-order valence-electron chi connectivity index (χ4n) is 2.04. The Morgan fingerprint density at radius 3 is 2.35 bits per heavy atom. The van der Waals surface area contributed by atoms with Crippen molar-refractivity contribution in [2.75, 3.05) is 23.4 Å². The Kier molecular flexibility index (Phi) is 6.80. The number of sulfonamides is 1. The number of carbonyl (C=O) groups is 1. The van der Waals surface area contributed by atoms with Crippen molar-refractivity contribution < 1.29 is 17.9 Å². The molecule has 0 saturated heterocycles. The third kappa shape index (κ3) is 5.06. The maximum Gasteiger partial charge on any atom is 0.265 e. The van der Waals surface area contributed by atoms with E-state index in [1.807, 2.05) is 6.26 Å². The Morgan fingerprint density at radius 1 is 1.15 bits per heavy atom. The summed E-state index contributed by atoms with van der Waals surface area (Å²) in [6.45, 7) is 1.77. The summed E-state index contributed by atoms with van der Waals surface area (Å²) in [5, 5.41) is 2.94. The number of hydrogen-bond acceptors (Lipinski definition) is 5. The van der Waals surface area contributed by atoms with Gasteiger partial charge in [-0.05, 0) is 55.6 Å². The summed E-state index contributed by atoms with van der Waals surface area (Å²) in [4.78, 5) is 12.0. The quantitative estimate of drug-likeness (QED) is 0.719. The molecule has 0 aliphatic rings. The van der Waals surface area contributed by atoms with Gasteiger partial charge in [0.15, 0.2) is 0 Å². The van der Waals surface area contributed by atoms with E-state index in [0.29, 0.717) is 16.4 Å². The number of rotatable bonds is 7. The van der Waals surface area contributed by atoms with Gasteiger partial charge >= 0.3 is 0 Å². The summed E-state index contributed by atoms with van der Waals surface area (Å²) in [5.74, 6) is -0.0425. The fourth-order valence-corrected chi connectivity index (χ4v) is 3.70. The molecular formula is C17H19ClN2O4S2. The van der Waals surface area contributed by atoms with Gasteiger partial charge in [-0.1, -0.05) is 11.6 Å². The number of ether oxygens (including phenoxy) is 1. The number of thioether (sulfide) groups is 1. The number of nitrogens with one attached hydrogen (secondary N) is 2. The maximum atomic E-state index is 12.8. The summed E-state index contributed by atoms with van der Waals surface area (Å²) in [6.07, 6.45) is 1.82. The number of amides is 1. The first-order chi connectivity index (χ1) is 12.3. The molecule has 0 aliphatic carbocycles. The zero-order valence-corrected chi connectivity index (χ0v) is 16.8. The molecule has 6 nitrogen and oxygen atoms in total. The van der Waals surface area contributed by atoms with E-state index in [-0.39, 0.29) is 21.8 Å². The lowest BCUT2D eigenvalue weighted by Crippen LogP contribution is -2.22. The predicted molar refractivity (Wildman–Crippen MR) is 107 cm³/mol. The first kappa shape index (κ1) is 20.4. The number of carbonyl (C=O) groups excluding carboxylic acids is 1. The van der Waals surface area contributed by atoms with E-state index in [4.69, 9.17) is 16.3 Å². The van der Waals surface area contributed by atoms with Gasteiger partial charge in [-0.25, -0.2) is 8.42 Å². The van der Waals surface area contributed by atoms with E-state index in [0.717, 1.165) is 0 Å². The minimum atomic E-state index is -3.93. The molecule has 0 aromatic heterocycles. The Bertz CT molecular complexity index is 886. The largest absolute Gasteiger partial charge is 0.495 e. The number of benzene rings is 2. The Morgan fingerprint density at radius 2 is 1.77 bits per heavy atom. The maximum absolute atomic E-state index is 12.8. The molecule has 26 heavy (non-hydrogen) atoms. The van der Waals surface area contributed by atoms with Gasteiger partial charge < -0.3 is 10.1 Å². The smallest absolute Gasteiger partial charge is 0.265 e.